The van der Waals surface area contributed by atoms with E-state index in [1.807, 2.05) is 11.3 Å². The van der Waals surface area contributed by atoms with Gasteiger partial charge in [0, 0.05) is 13.8 Å². The van der Waals surface area contributed by atoms with Gasteiger partial charge in [0.2, 0.25) is 0 Å². The summed E-state index contributed by atoms with van der Waals surface area (Å²) in [7, 11) is 0. The van der Waals surface area contributed by atoms with E-state index in [0.29, 0.717) is 0 Å². The van der Waals surface area contributed by atoms with Crippen molar-refractivity contribution in [3.05, 3.63) is 54.6 Å². The highest BCUT2D eigenvalue weighted by molar-refractivity contribution is 9.11. The average molecular weight is 403 g/mol. The lowest BCUT2D eigenvalue weighted by molar-refractivity contribution is 0.603. The van der Waals surface area contributed by atoms with Crippen molar-refractivity contribution in [3.8, 4) is 0 Å². The van der Waals surface area contributed by atoms with Gasteiger partial charge in [0.25, 0.3) is 0 Å². The number of nitrogens with one attached hydrogen (secondary N) is 1. The molecule has 1 atom stereocenters. The Morgan fingerprint density at radius 3 is 2.42 bits per heavy atom. The summed E-state index contributed by atoms with van der Waals surface area (Å²) >= 11 is 8.98. The summed E-state index contributed by atoms with van der Waals surface area (Å²) in [6, 6.07) is 8.91. The second-order valence-corrected chi connectivity index (χ2v) is 7.34. The molecule has 1 unspecified atom stereocenters. The Morgan fingerprint density at radius 1 is 1.21 bits per heavy atom. The number of rotatable bonds is 5. The monoisotopic (exact) mass is 401 g/mol. The highest BCUT2D eigenvalue weighted by Gasteiger charge is 2.17. The van der Waals surface area contributed by atoms with E-state index in [1.165, 1.54) is 16.0 Å². The number of hydrogen-bond donors (Lipinski definition) is 1. The van der Waals surface area contributed by atoms with Gasteiger partial charge in [0.05, 0.1) is 6.04 Å². The molecule has 0 aliphatic carbocycles. The van der Waals surface area contributed by atoms with E-state index in [2.05, 4.69) is 80.7 Å². The predicted octanol–water partition coefficient (Wildman–Crippen LogP) is 5.67. The molecule has 0 spiro atoms. The minimum Gasteiger partial charge on any atom is -0.306 e. The molecule has 0 radical (unpaired) electrons. The quantitative estimate of drug-likeness (QED) is 0.679. The first-order valence-corrected chi connectivity index (χ1v) is 8.81. The number of aryl methyl sites for hydroxylation is 1. The highest BCUT2D eigenvalue weighted by atomic mass is 79.9. The van der Waals surface area contributed by atoms with Gasteiger partial charge < -0.3 is 5.32 Å². The van der Waals surface area contributed by atoms with E-state index in [1.54, 1.807) is 0 Å². The van der Waals surface area contributed by atoms with Gasteiger partial charge in [0.15, 0.2) is 0 Å². The van der Waals surface area contributed by atoms with Crippen LogP contribution in [0.2, 0.25) is 0 Å². The maximum Gasteiger partial charge on any atom is 0.0674 e. The van der Waals surface area contributed by atoms with Crippen LogP contribution in [0.15, 0.2) is 38.6 Å². The molecule has 2 rings (SSSR count). The van der Waals surface area contributed by atoms with Crippen molar-refractivity contribution >= 4 is 43.2 Å². The number of benzene rings is 1. The van der Waals surface area contributed by atoms with Crippen molar-refractivity contribution in [3.63, 3.8) is 0 Å². The van der Waals surface area contributed by atoms with Crippen molar-refractivity contribution in [1.82, 2.24) is 5.32 Å². The van der Waals surface area contributed by atoms with Crippen molar-refractivity contribution in [1.29, 1.82) is 0 Å². The summed E-state index contributed by atoms with van der Waals surface area (Å²) in [4.78, 5) is 1.40. The number of halogens is 2. The molecule has 1 aromatic heterocycles. The van der Waals surface area contributed by atoms with Gasteiger partial charge in [0.1, 0.15) is 0 Å². The van der Waals surface area contributed by atoms with Gasteiger partial charge in [-0.05, 0) is 60.7 Å². The molecule has 1 N–H and O–H groups in total. The summed E-state index contributed by atoms with van der Waals surface area (Å²) in [5.41, 5.74) is 2.65. The van der Waals surface area contributed by atoms with Gasteiger partial charge in [-0.1, -0.05) is 38.8 Å². The minimum absolute atomic E-state index is 0.272. The molecule has 2 aromatic rings. The summed E-state index contributed by atoms with van der Waals surface area (Å²) in [6.07, 6.45) is 1.14. The third-order valence-corrected chi connectivity index (χ3v) is 4.98. The summed E-state index contributed by atoms with van der Waals surface area (Å²) in [5, 5.41) is 5.82. The highest BCUT2D eigenvalue weighted by Crippen LogP contribution is 2.32. The molecular formula is C15H17Br2NS. The first kappa shape index (κ1) is 15.2. The average Bonchev–Trinajstić information content (AvgIpc) is 2.75. The largest absolute Gasteiger partial charge is 0.306 e. The topological polar surface area (TPSA) is 12.0 Å². The van der Waals surface area contributed by atoms with Crippen LogP contribution in [0.5, 0.6) is 0 Å². The molecule has 102 valence electrons. The molecule has 0 fully saturated rings. The van der Waals surface area contributed by atoms with Crippen LogP contribution in [-0.4, -0.2) is 6.54 Å². The molecule has 0 bridgehead atoms. The molecule has 1 nitrogen and oxygen atoms in total. The number of hydrogen-bond acceptors (Lipinski definition) is 2. The van der Waals surface area contributed by atoms with Gasteiger partial charge in [-0.25, -0.2) is 0 Å². The van der Waals surface area contributed by atoms with E-state index in [4.69, 9.17) is 0 Å². The maximum absolute atomic E-state index is 3.65. The molecule has 0 aliphatic rings. The van der Waals surface area contributed by atoms with Crippen molar-refractivity contribution in [2.24, 2.45) is 0 Å². The Labute approximate surface area is 135 Å². The third kappa shape index (κ3) is 3.91. The Balaban J connectivity index is 2.39. The van der Waals surface area contributed by atoms with Crippen LogP contribution in [-0.2, 0) is 0 Å². The van der Waals surface area contributed by atoms with Crippen LogP contribution < -0.4 is 5.32 Å². The van der Waals surface area contributed by atoms with Crippen LogP contribution in [0, 0.1) is 6.92 Å². The Kier molecular flexibility index (Phi) is 5.63. The molecule has 0 saturated heterocycles. The standard InChI is InChI=1S/C15H17Br2NS/c1-3-5-18-14(15-10(2)4-6-19-15)11-7-12(16)9-13(17)8-11/h4,6-9,14,18H,3,5H2,1-2H3. The van der Waals surface area contributed by atoms with Gasteiger partial charge in [-0.2, -0.15) is 0 Å². The van der Waals surface area contributed by atoms with Gasteiger partial charge in [-0.3, -0.25) is 0 Å². The van der Waals surface area contributed by atoms with Gasteiger partial charge >= 0.3 is 0 Å². The summed E-state index contributed by atoms with van der Waals surface area (Å²) in [5.74, 6) is 0. The first-order chi connectivity index (χ1) is 9.11. The van der Waals surface area contributed by atoms with E-state index in [-0.39, 0.29) is 6.04 Å². The maximum atomic E-state index is 3.65. The van der Waals surface area contributed by atoms with Crippen LogP contribution in [0.3, 0.4) is 0 Å². The molecule has 0 aliphatic heterocycles. The zero-order valence-electron chi connectivity index (χ0n) is 11.0. The fourth-order valence-electron chi connectivity index (χ4n) is 2.07. The van der Waals surface area contributed by atoms with Crippen LogP contribution >= 0.6 is 43.2 Å². The van der Waals surface area contributed by atoms with Crippen LogP contribution in [0.1, 0.15) is 35.4 Å². The van der Waals surface area contributed by atoms with E-state index in [0.717, 1.165) is 21.9 Å². The first-order valence-electron chi connectivity index (χ1n) is 6.35. The molecule has 0 amide bonds. The Bertz CT molecular complexity index is 531. The van der Waals surface area contributed by atoms with Crippen molar-refractivity contribution in [2.75, 3.05) is 6.54 Å². The molecule has 0 saturated carbocycles. The predicted molar refractivity (Wildman–Crippen MR) is 91.0 cm³/mol. The molecule has 1 aromatic carbocycles. The van der Waals surface area contributed by atoms with Gasteiger partial charge in [-0.15, -0.1) is 11.3 Å². The summed E-state index contributed by atoms with van der Waals surface area (Å²) in [6.45, 7) is 5.40. The zero-order chi connectivity index (χ0) is 13.8. The lowest BCUT2D eigenvalue weighted by atomic mass is 10.0. The smallest absolute Gasteiger partial charge is 0.0674 e. The zero-order valence-corrected chi connectivity index (χ0v) is 15.0. The lowest BCUT2D eigenvalue weighted by Crippen LogP contribution is -2.23. The fourth-order valence-corrected chi connectivity index (χ4v) is 4.43. The SMILES string of the molecule is CCCNC(c1cc(Br)cc(Br)c1)c1sccc1C. The van der Waals surface area contributed by atoms with Crippen LogP contribution in [0.4, 0.5) is 0 Å². The van der Waals surface area contributed by atoms with Crippen LogP contribution in [0.25, 0.3) is 0 Å². The van der Waals surface area contributed by atoms with E-state index >= 15 is 0 Å². The third-order valence-electron chi connectivity index (χ3n) is 2.98. The molecule has 19 heavy (non-hydrogen) atoms. The Morgan fingerprint density at radius 2 is 1.89 bits per heavy atom. The lowest BCUT2D eigenvalue weighted by Gasteiger charge is -2.19. The van der Waals surface area contributed by atoms with Crippen molar-refractivity contribution in [2.45, 2.75) is 26.3 Å². The molecule has 4 heteroatoms. The second kappa shape index (κ2) is 7.02. The molecular weight excluding hydrogens is 386 g/mol. The number of thiophene rings is 1. The normalized spacial score (nSPS) is 12.6. The Hall–Kier alpha value is -0.160. The second-order valence-electron chi connectivity index (χ2n) is 4.56. The van der Waals surface area contributed by atoms with E-state index < -0.39 is 0 Å². The fraction of sp³-hybridized carbons (Fsp3) is 0.333. The van der Waals surface area contributed by atoms with E-state index in [9.17, 15) is 0 Å². The summed E-state index contributed by atoms with van der Waals surface area (Å²) < 4.78 is 2.21. The minimum atomic E-state index is 0.272. The van der Waals surface area contributed by atoms with Crippen molar-refractivity contribution < 1.29 is 0 Å². The molecule has 1 heterocycles.